The van der Waals surface area contributed by atoms with Crippen LogP contribution in [-0.4, -0.2) is 18.6 Å². The largest absolute Gasteiger partial charge is 0.294 e. The van der Waals surface area contributed by atoms with Crippen LogP contribution in [0.5, 0.6) is 0 Å². The zero-order valence-corrected chi connectivity index (χ0v) is 8.14. The molecule has 0 radical (unpaired) electrons. The maximum absolute atomic E-state index is 10.7. The maximum atomic E-state index is 10.7. The number of hydrogen-bond donors (Lipinski definition) is 0. The zero-order valence-electron chi connectivity index (χ0n) is 8.14. The van der Waals surface area contributed by atoms with Crippen LogP contribution in [0.3, 0.4) is 0 Å². The Morgan fingerprint density at radius 1 is 1.50 bits per heavy atom. The molecule has 5 nitrogen and oxygen atoms in total. The highest BCUT2D eigenvalue weighted by molar-refractivity contribution is 5.61. The van der Waals surface area contributed by atoms with Crippen LogP contribution < -0.4 is 5.06 Å². The summed E-state index contributed by atoms with van der Waals surface area (Å²) in [6.07, 6.45) is 0. The van der Waals surface area contributed by atoms with Gasteiger partial charge in [-0.05, 0) is 13.0 Å². The molecule has 5 heteroatoms. The minimum Gasteiger partial charge on any atom is -0.277 e. The Hall–Kier alpha value is -1.62. The summed E-state index contributed by atoms with van der Waals surface area (Å²) in [4.78, 5) is 15.3. The third kappa shape index (κ3) is 2.00. The summed E-state index contributed by atoms with van der Waals surface area (Å²) in [5, 5.41) is 12.2. The average Bonchev–Trinajstić information content (AvgIpc) is 2.20. The summed E-state index contributed by atoms with van der Waals surface area (Å²) >= 11 is 0. The van der Waals surface area contributed by atoms with Crippen LogP contribution in [0.25, 0.3) is 0 Å². The van der Waals surface area contributed by atoms with Crippen molar-refractivity contribution in [1.29, 1.82) is 0 Å². The van der Waals surface area contributed by atoms with Gasteiger partial charge < -0.3 is 0 Å². The van der Waals surface area contributed by atoms with Crippen LogP contribution in [-0.2, 0) is 4.84 Å². The Morgan fingerprint density at radius 3 is 2.64 bits per heavy atom. The van der Waals surface area contributed by atoms with Gasteiger partial charge in [0.1, 0.15) is 5.69 Å². The predicted octanol–water partition coefficient (Wildman–Crippen LogP) is 1.98. The number of hydroxylamine groups is 1. The van der Waals surface area contributed by atoms with E-state index in [4.69, 9.17) is 4.84 Å². The summed E-state index contributed by atoms with van der Waals surface area (Å²) in [6, 6.07) is 6.48. The molecular weight excluding hydrogens is 184 g/mol. The molecule has 0 unspecified atom stereocenters. The van der Waals surface area contributed by atoms with Crippen molar-refractivity contribution in [3.05, 3.63) is 34.4 Å². The van der Waals surface area contributed by atoms with Crippen LogP contribution >= 0.6 is 0 Å². The van der Waals surface area contributed by atoms with E-state index in [0.717, 1.165) is 0 Å². The van der Waals surface area contributed by atoms with Crippen molar-refractivity contribution in [1.82, 2.24) is 0 Å². The van der Waals surface area contributed by atoms with Crippen LogP contribution in [0.2, 0.25) is 0 Å². The number of nitro groups is 1. The third-order valence-electron chi connectivity index (χ3n) is 1.85. The Balaban J connectivity index is 3.11. The smallest absolute Gasteiger partial charge is 0.277 e. The normalized spacial score (nSPS) is 9.86. The Morgan fingerprint density at radius 2 is 2.14 bits per heavy atom. The summed E-state index contributed by atoms with van der Waals surface area (Å²) < 4.78 is 0. The van der Waals surface area contributed by atoms with Gasteiger partial charge in [-0.25, -0.2) is 5.06 Å². The van der Waals surface area contributed by atoms with E-state index in [2.05, 4.69) is 0 Å². The predicted molar refractivity (Wildman–Crippen MR) is 53.1 cm³/mol. The number of benzene rings is 1. The molecular formula is C9H12N2O3. The first-order valence-electron chi connectivity index (χ1n) is 4.25. The minimum absolute atomic E-state index is 0.0520. The topological polar surface area (TPSA) is 55.6 Å². The molecule has 0 saturated carbocycles. The molecule has 1 aromatic rings. The number of anilines is 1. The van der Waals surface area contributed by atoms with Gasteiger partial charge in [0.05, 0.1) is 12.0 Å². The number of nitro benzene ring substituents is 1. The average molecular weight is 196 g/mol. The minimum atomic E-state index is -0.420. The van der Waals surface area contributed by atoms with Crippen LogP contribution in [0, 0.1) is 10.1 Å². The lowest BCUT2D eigenvalue weighted by molar-refractivity contribution is -0.384. The molecule has 0 N–H and O–H groups in total. The lowest BCUT2D eigenvalue weighted by atomic mass is 10.2. The second-order valence-corrected chi connectivity index (χ2v) is 2.62. The Kier molecular flexibility index (Phi) is 3.41. The summed E-state index contributed by atoms with van der Waals surface area (Å²) in [7, 11) is 1.49. The van der Waals surface area contributed by atoms with Gasteiger partial charge in [0.25, 0.3) is 5.69 Å². The molecule has 0 aliphatic rings. The van der Waals surface area contributed by atoms with Gasteiger partial charge in [0, 0.05) is 12.6 Å². The molecule has 0 aromatic heterocycles. The fraction of sp³-hybridized carbons (Fsp3) is 0.333. The quantitative estimate of drug-likeness (QED) is 0.545. The van der Waals surface area contributed by atoms with Gasteiger partial charge in [-0.1, -0.05) is 12.1 Å². The van der Waals surface area contributed by atoms with Gasteiger partial charge in [0.15, 0.2) is 0 Å². The van der Waals surface area contributed by atoms with Crippen molar-refractivity contribution >= 4 is 11.4 Å². The van der Waals surface area contributed by atoms with Gasteiger partial charge in [0.2, 0.25) is 0 Å². The first kappa shape index (κ1) is 10.5. The highest BCUT2D eigenvalue weighted by Gasteiger charge is 2.16. The molecule has 76 valence electrons. The molecule has 0 bridgehead atoms. The standard InChI is InChI=1S/C9H12N2O3/c1-3-10(14-2)8-6-4-5-7-9(8)11(12)13/h4-7H,3H2,1-2H3. The van der Waals surface area contributed by atoms with Gasteiger partial charge in [-0.2, -0.15) is 0 Å². The summed E-state index contributed by atoms with van der Waals surface area (Å²) in [5.74, 6) is 0. The molecule has 1 aromatic carbocycles. The molecule has 0 aliphatic carbocycles. The highest BCUT2D eigenvalue weighted by atomic mass is 16.7. The molecule has 0 amide bonds. The van der Waals surface area contributed by atoms with E-state index in [1.807, 2.05) is 6.92 Å². The molecule has 0 heterocycles. The van der Waals surface area contributed by atoms with E-state index >= 15 is 0 Å². The zero-order chi connectivity index (χ0) is 10.6. The summed E-state index contributed by atoms with van der Waals surface area (Å²) in [5.41, 5.74) is 0.527. The monoisotopic (exact) mass is 196 g/mol. The van der Waals surface area contributed by atoms with E-state index in [-0.39, 0.29) is 5.69 Å². The van der Waals surface area contributed by atoms with Crippen molar-refractivity contribution in [3.63, 3.8) is 0 Å². The molecule has 0 atom stereocenters. The number of nitrogens with zero attached hydrogens (tertiary/aromatic N) is 2. The first-order chi connectivity index (χ1) is 6.70. The molecule has 0 aliphatic heterocycles. The SMILES string of the molecule is CCN(OC)c1ccccc1[N+](=O)[O-]. The third-order valence-corrected chi connectivity index (χ3v) is 1.85. The van der Waals surface area contributed by atoms with Crippen molar-refractivity contribution in [2.75, 3.05) is 18.7 Å². The number of rotatable bonds is 4. The van der Waals surface area contributed by atoms with Crippen molar-refractivity contribution in [3.8, 4) is 0 Å². The fourth-order valence-electron chi connectivity index (χ4n) is 1.23. The second-order valence-electron chi connectivity index (χ2n) is 2.62. The van der Waals surface area contributed by atoms with E-state index in [1.165, 1.54) is 18.2 Å². The maximum Gasteiger partial charge on any atom is 0.294 e. The van der Waals surface area contributed by atoms with Crippen molar-refractivity contribution in [2.45, 2.75) is 6.92 Å². The molecule has 1 rings (SSSR count). The van der Waals surface area contributed by atoms with E-state index in [9.17, 15) is 10.1 Å². The molecule has 14 heavy (non-hydrogen) atoms. The van der Waals surface area contributed by atoms with E-state index in [0.29, 0.717) is 12.2 Å². The molecule has 0 fully saturated rings. The molecule has 0 spiro atoms. The van der Waals surface area contributed by atoms with Crippen LogP contribution in [0.4, 0.5) is 11.4 Å². The molecule has 0 saturated heterocycles. The Labute approximate surface area is 82.0 Å². The highest BCUT2D eigenvalue weighted by Crippen LogP contribution is 2.27. The van der Waals surface area contributed by atoms with E-state index in [1.54, 1.807) is 18.2 Å². The van der Waals surface area contributed by atoms with E-state index < -0.39 is 4.92 Å². The van der Waals surface area contributed by atoms with Gasteiger partial charge in [-0.15, -0.1) is 0 Å². The van der Waals surface area contributed by atoms with Crippen molar-refractivity contribution in [2.24, 2.45) is 0 Å². The summed E-state index contributed by atoms with van der Waals surface area (Å²) in [6.45, 7) is 2.42. The lowest BCUT2D eigenvalue weighted by Gasteiger charge is -2.18. The fourth-order valence-corrected chi connectivity index (χ4v) is 1.23. The van der Waals surface area contributed by atoms with Gasteiger partial charge in [-0.3, -0.25) is 15.0 Å². The number of hydrogen-bond acceptors (Lipinski definition) is 4. The van der Waals surface area contributed by atoms with Gasteiger partial charge >= 0.3 is 0 Å². The lowest BCUT2D eigenvalue weighted by Crippen LogP contribution is -2.21. The van der Waals surface area contributed by atoms with Crippen LogP contribution in [0.1, 0.15) is 6.92 Å². The Bertz CT molecular complexity index is 324. The number of para-hydroxylation sites is 2. The van der Waals surface area contributed by atoms with Crippen molar-refractivity contribution < 1.29 is 9.76 Å². The second kappa shape index (κ2) is 4.57. The first-order valence-corrected chi connectivity index (χ1v) is 4.25. The van der Waals surface area contributed by atoms with Crippen LogP contribution in [0.15, 0.2) is 24.3 Å².